The Kier molecular flexibility index (Phi) is 15.5. The Morgan fingerprint density at radius 1 is 0.776 bits per heavy atom. The summed E-state index contributed by atoms with van der Waals surface area (Å²) in [4.78, 5) is 27.4. The third-order valence-electron chi connectivity index (χ3n) is 8.72. The molecule has 3 N–H and O–H groups in total. The van der Waals surface area contributed by atoms with Crippen LogP contribution >= 0.6 is 0 Å². The van der Waals surface area contributed by atoms with Crippen LogP contribution in [0.1, 0.15) is 62.3 Å². The van der Waals surface area contributed by atoms with Gasteiger partial charge in [-0.2, -0.15) is 10.2 Å². The lowest BCUT2D eigenvalue weighted by atomic mass is 9.82. The first kappa shape index (κ1) is 42.4. The lowest BCUT2D eigenvalue weighted by molar-refractivity contribution is -0.144. The highest BCUT2D eigenvalue weighted by Gasteiger charge is 2.53. The highest BCUT2D eigenvalue weighted by atomic mass is 16.7. The van der Waals surface area contributed by atoms with E-state index in [1.807, 2.05) is 88.5 Å². The predicted octanol–water partition coefficient (Wildman–Crippen LogP) is 0.112. The van der Waals surface area contributed by atoms with Crippen LogP contribution in [0.25, 0.3) is 0 Å². The van der Waals surface area contributed by atoms with Crippen molar-refractivity contribution in [2.24, 2.45) is 5.73 Å². The number of amides is 1. The van der Waals surface area contributed by atoms with Gasteiger partial charge in [0.25, 0.3) is 0 Å². The zero-order valence-electron chi connectivity index (χ0n) is 32.0. The van der Waals surface area contributed by atoms with E-state index < -0.39 is 14.2 Å². The van der Waals surface area contributed by atoms with Crippen LogP contribution in [0.2, 0.25) is 0 Å². The number of ether oxygens (including phenoxy) is 1. The normalized spacial score (nSPS) is 18.5. The predicted molar refractivity (Wildman–Crippen MR) is 192 cm³/mol. The number of hydrogen-bond donors (Lipinski definition) is 2. The van der Waals surface area contributed by atoms with E-state index in [-0.39, 0.29) is 47.4 Å². The van der Waals surface area contributed by atoms with Gasteiger partial charge in [0.05, 0.1) is 29.0 Å². The molecule has 4 rings (SSSR count). The minimum Gasteiger partial charge on any atom is -0.465 e. The molecule has 0 spiro atoms. The maximum Gasteiger partial charge on any atom is 0.498 e. The second kappa shape index (κ2) is 17.9. The fourth-order valence-electron chi connectivity index (χ4n) is 4.35. The number of nitrogens with zero attached hydrogens (tertiary/aromatic N) is 6. The van der Waals surface area contributed by atoms with Gasteiger partial charge in [0.15, 0.2) is 0 Å². The van der Waals surface area contributed by atoms with Crippen LogP contribution in [0.15, 0.2) is 24.8 Å². The van der Waals surface area contributed by atoms with Crippen LogP contribution in [0.3, 0.4) is 0 Å². The van der Waals surface area contributed by atoms with E-state index in [0.29, 0.717) is 13.2 Å². The molecule has 17 heteroatoms. The first-order chi connectivity index (χ1) is 22.6. The van der Waals surface area contributed by atoms with Crippen molar-refractivity contribution >= 4 is 37.0 Å². The average molecular weight is 691 g/mol. The molecule has 49 heavy (non-hydrogen) atoms. The van der Waals surface area contributed by atoms with E-state index in [2.05, 4.69) is 20.4 Å². The Morgan fingerprint density at radius 2 is 1.18 bits per heavy atom. The molecule has 1 amide bonds. The average Bonchev–Trinajstić information content (AvgIpc) is 3.70. The van der Waals surface area contributed by atoms with Gasteiger partial charge in [0.1, 0.15) is 13.1 Å². The second-order valence-corrected chi connectivity index (χ2v) is 14.7. The summed E-state index contributed by atoms with van der Waals surface area (Å²) in [5.41, 5.74) is 5.26. The summed E-state index contributed by atoms with van der Waals surface area (Å²) in [5.74, 6) is -0.369. The third-order valence-corrected chi connectivity index (χ3v) is 8.72. The van der Waals surface area contributed by atoms with Crippen LogP contribution < -0.4 is 22.0 Å². The molecule has 2 aromatic heterocycles. The molecule has 0 saturated carbocycles. The van der Waals surface area contributed by atoms with Crippen molar-refractivity contribution in [1.82, 2.24) is 34.7 Å². The van der Waals surface area contributed by atoms with Gasteiger partial charge in [0.2, 0.25) is 5.91 Å². The standard InChI is InChI=1S/C15H27BN4O3.C13H21BN2O4.C4H12N2/c1-14(2)15(3,4)23-16(22-14)12-9-18-20(10-12)11-13(21)17-7-8-19(5)6;1-6-18-11(17)9-16-8-10(7-15-16)14-19-12(2,3)13(4,5)20-14;1-6(2)4-3-5/h9-10H,7-8,11H2,1-6H3,(H,17,21);7-8H,6,9H2,1-5H3;3-5H2,1-2H3. The molecular formula is C32H60B2N8O7. The Balaban J connectivity index is 0.000000294. The van der Waals surface area contributed by atoms with Crippen LogP contribution in [-0.2, 0) is 46.0 Å². The van der Waals surface area contributed by atoms with Crippen LogP contribution in [0, 0.1) is 0 Å². The van der Waals surface area contributed by atoms with E-state index in [1.165, 1.54) is 4.68 Å². The zero-order chi connectivity index (χ0) is 37.2. The number of hydrogen-bond acceptors (Lipinski definition) is 12. The van der Waals surface area contributed by atoms with Crippen molar-refractivity contribution < 1.29 is 32.9 Å². The number of esters is 1. The van der Waals surface area contributed by atoms with Crippen LogP contribution in [-0.4, -0.2) is 139 Å². The van der Waals surface area contributed by atoms with E-state index in [9.17, 15) is 9.59 Å². The number of rotatable bonds is 12. The maximum atomic E-state index is 11.9. The summed E-state index contributed by atoms with van der Waals surface area (Å²) in [6, 6.07) is 0. The van der Waals surface area contributed by atoms with Crippen molar-refractivity contribution in [3.05, 3.63) is 24.8 Å². The summed E-state index contributed by atoms with van der Waals surface area (Å²) in [7, 11) is 7.04. The second-order valence-electron chi connectivity index (χ2n) is 14.7. The molecular weight excluding hydrogens is 630 g/mol. The molecule has 2 saturated heterocycles. The molecule has 0 aromatic carbocycles. The lowest BCUT2D eigenvalue weighted by Gasteiger charge is -2.32. The molecule has 15 nitrogen and oxygen atoms in total. The van der Waals surface area contributed by atoms with E-state index in [4.69, 9.17) is 29.1 Å². The summed E-state index contributed by atoms with van der Waals surface area (Å²) >= 11 is 0. The fourth-order valence-corrected chi connectivity index (χ4v) is 4.35. The van der Waals surface area contributed by atoms with Crippen molar-refractivity contribution in [3.8, 4) is 0 Å². The molecule has 2 aromatic rings. The number of likely N-dealkylation sites (N-methyl/N-ethyl adjacent to an activating group) is 2. The summed E-state index contributed by atoms with van der Waals surface area (Å²) in [6.07, 6.45) is 6.89. The Bertz CT molecular complexity index is 1300. The maximum absolute atomic E-state index is 11.9. The van der Waals surface area contributed by atoms with Crippen LogP contribution in [0.4, 0.5) is 0 Å². The summed E-state index contributed by atoms with van der Waals surface area (Å²) < 4.78 is 31.8. The number of nitrogens with one attached hydrogen (secondary N) is 1. The van der Waals surface area contributed by atoms with Crippen LogP contribution in [0.5, 0.6) is 0 Å². The molecule has 0 aliphatic carbocycles. The molecule has 0 unspecified atom stereocenters. The van der Waals surface area contributed by atoms with Crippen molar-refractivity contribution in [2.75, 3.05) is 61.0 Å². The highest BCUT2D eigenvalue weighted by molar-refractivity contribution is 6.62. The largest absolute Gasteiger partial charge is 0.498 e. The number of nitrogens with two attached hydrogens (primary N) is 1. The van der Waals surface area contributed by atoms with Gasteiger partial charge in [-0.3, -0.25) is 19.0 Å². The SMILES string of the molecule is CCOC(=O)Cn1cc(B2OC(C)(C)C(C)(C)O2)cn1.CN(C)CCN.CN(C)CCNC(=O)Cn1cc(B2OC(C)(C)C(C)(C)O2)cn1. The smallest absolute Gasteiger partial charge is 0.465 e. The topological polar surface area (TPSA) is 160 Å². The number of carbonyl (C=O) groups is 2. The highest BCUT2D eigenvalue weighted by Crippen LogP contribution is 2.37. The Morgan fingerprint density at radius 3 is 1.53 bits per heavy atom. The van der Waals surface area contributed by atoms with Gasteiger partial charge in [-0.05, 0) is 90.5 Å². The van der Waals surface area contributed by atoms with Crippen molar-refractivity contribution in [1.29, 1.82) is 0 Å². The van der Waals surface area contributed by atoms with Gasteiger partial charge in [-0.1, -0.05) is 0 Å². The third kappa shape index (κ3) is 12.8. The monoisotopic (exact) mass is 690 g/mol. The lowest BCUT2D eigenvalue weighted by Crippen LogP contribution is -2.41. The van der Waals surface area contributed by atoms with Gasteiger partial charge in [0, 0.05) is 61.9 Å². The Labute approximate surface area is 293 Å². The van der Waals surface area contributed by atoms with Crippen molar-refractivity contribution in [2.45, 2.75) is 97.8 Å². The fraction of sp³-hybridized carbons (Fsp3) is 0.750. The van der Waals surface area contributed by atoms with Gasteiger partial charge in [-0.25, -0.2) is 0 Å². The molecule has 4 heterocycles. The quantitative estimate of drug-likeness (QED) is 0.229. The molecule has 0 bridgehead atoms. The van der Waals surface area contributed by atoms with E-state index >= 15 is 0 Å². The molecule has 0 radical (unpaired) electrons. The molecule has 0 atom stereocenters. The van der Waals surface area contributed by atoms with E-state index in [0.717, 1.165) is 30.6 Å². The molecule has 276 valence electrons. The van der Waals surface area contributed by atoms with Gasteiger partial charge < -0.3 is 44.2 Å². The summed E-state index contributed by atoms with van der Waals surface area (Å²) in [5, 5.41) is 11.2. The number of aromatic nitrogens is 4. The minimum atomic E-state index is -0.462. The molecule has 2 fully saturated rings. The van der Waals surface area contributed by atoms with Gasteiger partial charge >= 0.3 is 20.2 Å². The Hall–Kier alpha value is -2.79. The minimum absolute atomic E-state index is 0.0598. The van der Waals surface area contributed by atoms with E-state index in [1.54, 1.807) is 36.4 Å². The first-order valence-electron chi connectivity index (χ1n) is 16.8. The van der Waals surface area contributed by atoms with Gasteiger partial charge in [-0.15, -0.1) is 0 Å². The number of carbonyl (C=O) groups excluding carboxylic acids is 2. The molecule has 2 aliphatic heterocycles. The molecule has 2 aliphatic rings. The van der Waals surface area contributed by atoms with Crippen molar-refractivity contribution in [3.63, 3.8) is 0 Å². The summed E-state index contributed by atoms with van der Waals surface area (Å²) in [6.45, 7) is 21.6. The first-order valence-corrected chi connectivity index (χ1v) is 16.8. The zero-order valence-corrected chi connectivity index (χ0v) is 32.0.